The van der Waals surface area contributed by atoms with E-state index in [9.17, 15) is 4.79 Å². The van der Waals surface area contributed by atoms with Crippen LogP contribution in [0.2, 0.25) is 5.02 Å². The first-order valence-electron chi connectivity index (χ1n) is 8.27. The Morgan fingerprint density at radius 3 is 2.40 bits per heavy atom. The normalized spacial score (nSPS) is 10.9. The number of carbonyl (C=O) groups is 1. The molecule has 25 heavy (non-hydrogen) atoms. The van der Waals surface area contributed by atoms with Gasteiger partial charge < -0.3 is 4.90 Å². The fraction of sp³-hybridized carbons (Fsp3) is 0.250. The molecular weight excluding hydrogens is 334 g/mol. The van der Waals surface area contributed by atoms with Crippen molar-refractivity contribution in [1.82, 2.24) is 14.9 Å². The molecule has 2 aromatic carbocycles. The van der Waals surface area contributed by atoms with Crippen molar-refractivity contribution in [3.8, 4) is 0 Å². The number of benzene rings is 2. The SMILES string of the molecule is CCN(Cc1ccccc1Cl)C(=O)c1ccc2nc(C)c(C)nc2c1. The first-order valence-corrected chi connectivity index (χ1v) is 8.65. The predicted molar refractivity (Wildman–Crippen MR) is 101 cm³/mol. The minimum absolute atomic E-state index is 0.0376. The Labute approximate surface area is 152 Å². The van der Waals surface area contributed by atoms with E-state index in [2.05, 4.69) is 9.97 Å². The summed E-state index contributed by atoms with van der Waals surface area (Å²) in [6.07, 6.45) is 0. The summed E-state index contributed by atoms with van der Waals surface area (Å²) in [5.41, 5.74) is 4.86. The molecule has 1 heterocycles. The summed E-state index contributed by atoms with van der Waals surface area (Å²) in [5.74, 6) is -0.0376. The van der Waals surface area contributed by atoms with Crippen LogP contribution in [0, 0.1) is 13.8 Å². The Morgan fingerprint density at radius 1 is 1.04 bits per heavy atom. The van der Waals surface area contributed by atoms with E-state index in [-0.39, 0.29) is 5.91 Å². The van der Waals surface area contributed by atoms with Crippen molar-refractivity contribution in [1.29, 1.82) is 0 Å². The molecule has 0 spiro atoms. The van der Waals surface area contributed by atoms with Gasteiger partial charge in [0.05, 0.1) is 22.4 Å². The summed E-state index contributed by atoms with van der Waals surface area (Å²) in [6.45, 7) is 6.89. The van der Waals surface area contributed by atoms with Gasteiger partial charge >= 0.3 is 0 Å². The number of fused-ring (bicyclic) bond motifs is 1. The van der Waals surface area contributed by atoms with Gasteiger partial charge in [-0.2, -0.15) is 0 Å². The molecule has 0 radical (unpaired) electrons. The Kier molecular flexibility index (Phi) is 5.00. The number of carbonyl (C=O) groups excluding carboxylic acids is 1. The Morgan fingerprint density at radius 2 is 1.72 bits per heavy atom. The molecule has 0 aliphatic carbocycles. The van der Waals surface area contributed by atoms with Gasteiger partial charge in [0.25, 0.3) is 5.91 Å². The second-order valence-corrected chi connectivity index (χ2v) is 6.42. The van der Waals surface area contributed by atoms with Gasteiger partial charge in [-0.3, -0.25) is 4.79 Å². The fourth-order valence-electron chi connectivity index (χ4n) is 2.71. The van der Waals surface area contributed by atoms with Crippen molar-refractivity contribution in [3.63, 3.8) is 0 Å². The second kappa shape index (κ2) is 7.19. The van der Waals surface area contributed by atoms with Gasteiger partial charge in [0.1, 0.15) is 0 Å². The predicted octanol–water partition coefficient (Wildman–Crippen LogP) is 4.56. The van der Waals surface area contributed by atoms with Crippen molar-refractivity contribution < 1.29 is 4.79 Å². The average Bonchev–Trinajstić information content (AvgIpc) is 2.61. The molecule has 3 rings (SSSR count). The molecule has 0 saturated heterocycles. The topological polar surface area (TPSA) is 46.1 Å². The van der Waals surface area contributed by atoms with Crippen LogP contribution >= 0.6 is 11.6 Å². The number of aryl methyl sites for hydroxylation is 2. The smallest absolute Gasteiger partial charge is 0.254 e. The summed E-state index contributed by atoms with van der Waals surface area (Å²) >= 11 is 6.23. The first-order chi connectivity index (χ1) is 12.0. The summed E-state index contributed by atoms with van der Waals surface area (Å²) < 4.78 is 0. The molecule has 0 aliphatic heterocycles. The van der Waals surface area contributed by atoms with Crippen LogP contribution in [0.5, 0.6) is 0 Å². The van der Waals surface area contributed by atoms with E-state index in [1.54, 1.807) is 4.90 Å². The molecule has 0 atom stereocenters. The van der Waals surface area contributed by atoms with Crippen LogP contribution in [0.4, 0.5) is 0 Å². The fourth-order valence-corrected chi connectivity index (χ4v) is 2.90. The Balaban J connectivity index is 1.91. The molecule has 0 fully saturated rings. The molecule has 0 bridgehead atoms. The highest BCUT2D eigenvalue weighted by Gasteiger charge is 2.16. The van der Waals surface area contributed by atoms with Crippen LogP contribution in [0.15, 0.2) is 42.5 Å². The number of halogens is 1. The number of aromatic nitrogens is 2. The highest BCUT2D eigenvalue weighted by atomic mass is 35.5. The molecule has 3 aromatic rings. The van der Waals surface area contributed by atoms with Crippen LogP contribution in [0.1, 0.15) is 34.2 Å². The van der Waals surface area contributed by atoms with Crippen molar-refractivity contribution >= 4 is 28.5 Å². The van der Waals surface area contributed by atoms with E-state index in [0.717, 1.165) is 28.0 Å². The Bertz CT molecular complexity index is 939. The van der Waals surface area contributed by atoms with E-state index in [0.29, 0.717) is 23.7 Å². The van der Waals surface area contributed by atoms with E-state index >= 15 is 0 Å². The summed E-state index contributed by atoms with van der Waals surface area (Å²) in [6, 6.07) is 13.1. The molecule has 5 heteroatoms. The molecule has 1 aromatic heterocycles. The quantitative estimate of drug-likeness (QED) is 0.690. The van der Waals surface area contributed by atoms with Crippen molar-refractivity contribution in [2.75, 3.05) is 6.54 Å². The minimum Gasteiger partial charge on any atom is -0.335 e. The minimum atomic E-state index is -0.0376. The molecule has 1 amide bonds. The van der Waals surface area contributed by atoms with Gasteiger partial charge in [0, 0.05) is 23.7 Å². The van der Waals surface area contributed by atoms with Gasteiger partial charge in [-0.15, -0.1) is 0 Å². The third-order valence-corrected chi connectivity index (χ3v) is 4.68. The van der Waals surface area contributed by atoms with Crippen LogP contribution in [0.25, 0.3) is 11.0 Å². The summed E-state index contributed by atoms with van der Waals surface area (Å²) in [5, 5.41) is 0.671. The zero-order valence-corrected chi connectivity index (χ0v) is 15.3. The van der Waals surface area contributed by atoms with Gasteiger partial charge in [0.2, 0.25) is 0 Å². The second-order valence-electron chi connectivity index (χ2n) is 6.01. The lowest BCUT2D eigenvalue weighted by atomic mass is 10.1. The van der Waals surface area contributed by atoms with Gasteiger partial charge in [-0.1, -0.05) is 29.8 Å². The first kappa shape index (κ1) is 17.4. The van der Waals surface area contributed by atoms with Crippen LogP contribution < -0.4 is 0 Å². The largest absolute Gasteiger partial charge is 0.335 e. The maximum Gasteiger partial charge on any atom is 0.254 e. The third-order valence-electron chi connectivity index (χ3n) is 4.31. The average molecular weight is 354 g/mol. The van der Waals surface area contributed by atoms with Crippen LogP contribution in [-0.4, -0.2) is 27.3 Å². The van der Waals surface area contributed by atoms with E-state index in [1.165, 1.54) is 0 Å². The zero-order chi connectivity index (χ0) is 18.0. The molecule has 4 nitrogen and oxygen atoms in total. The summed E-state index contributed by atoms with van der Waals surface area (Å²) in [7, 11) is 0. The highest BCUT2D eigenvalue weighted by Crippen LogP contribution is 2.20. The molecule has 0 N–H and O–H groups in total. The van der Waals surface area contributed by atoms with Crippen molar-refractivity contribution in [3.05, 3.63) is 70.0 Å². The highest BCUT2D eigenvalue weighted by molar-refractivity contribution is 6.31. The number of rotatable bonds is 4. The van der Waals surface area contributed by atoms with Crippen LogP contribution in [-0.2, 0) is 6.54 Å². The van der Waals surface area contributed by atoms with E-state index < -0.39 is 0 Å². The van der Waals surface area contributed by atoms with Gasteiger partial charge in [-0.05, 0) is 50.6 Å². The van der Waals surface area contributed by atoms with Crippen LogP contribution in [0.3, 0.4) is 0 Å². The lowest BCUT2D eigenvalue weighted by Gasteiger charge is -2.22. The maximum atomic E-state index is 12.9. The van der Waals surface area contributed by atoms with Crippen molar-refractivity contribution in [2.45, 2.75) is 27.3 Å². The molecule has 0 aliphatic rings. The Hall–Kier alpha value is -2.46. The zero-order valence-electron chi connectivity index (χ0n) is 14.6. The number of nitrogens with zero attached hydrogens (tertiary/aromatic N) is 3. The van der Waals surface area contributed by atoms with Gasteiger partial charge in [-0.25, -0.2) is 9.97 Å². The molecule has 128 valence electrons. The third kappa shape index (κ3) is 3.64. The monoisotopic (exact) mass is 353 g/mol. The molecular formula is C20H20ClN3O. The molecule has 0 unspecified atom stereocenters. The number of hydrogen-bond acceptors (Lipinski definition) is 3. The lowest BCUT2D eigenvalue weighted by molar-refractivity contribution is 0.0753. The van der Waals surface area contributed by atoms with Crippen molar-refractivity contribution in [2.24, 2.45) is 0 Å². The number of hydrogen-bond donors (Lipinski definition) is 0. The van der Waals surface area contributed by atoms with Gasteiger partial charge in [0.15, 0.2) is 0 Å². The standard InChI is InChI=1S/C20H20ClN3O/c1-4-24(12-16-7-5-6-8-17(16)21)20(25)15-9-10-18-19(11-15)23-14(3)13(2)22-18/h5-11H,4,12H2,1-3H3. The lowest BCUT2D eigenvalue weighted by Crippen LogP contribution is -2.30. The van der Waals surface area contributed by atoms with E-state index in [4.69, 9.17) is 11.6 Å². The maximum absolute atomic E-state index is 12.9. The number of amides is 1. The van der Waals surface area contributed by atoms with E-state index in [1.807, 2.05) is 63.2 Å². The molecule has 0 saturated carbocycles. The summed E-state index contributed by atoms with van der Waals surface area (Å²) in [4.78, 5) is 23.8.